The molecule has 2 N–H and O–H groups in total. The molecule has 2 fully saturated rings. The van der Waals surface area contributed by atoms with Crippen molar-refractivity contribution < 1.29 is 18.7 Å². The summed E-state index contributed by atoms with van der Waals surface area (Å²) in [4.78, 5) is 29.5. The highest BCUT2D eigenvalue weighted by Crippen LogP contribution is 2.44. The first-order valence-electron chi connectivity index (χ1n) is 13.4. The summed E-state index contributed by atoms with van der Waals surface area (Å²) in [5.41, 5.74) is 2.81. The number of furan rings is 1. The van der Waals surface area contributed by atoms with Crippen LogP contribution in [-0.2, 0) is 4.79 Å². The second-order valence-corrected chi connectivity index (χ2v) is 10.3. The molecule has 0 aliphatic carbocycles. The van der Waals surface area contributed by atoms with Gasteiger partial charge in [0.25, 0.3) is 0 Å². The minimum absolute atomic E-state index is 0.00412. The number of aliphatic hydroxyl groups excluding tert-OH is 1. The molecule has 0 spiro atoms. The van der Waals surface area contributed by atoms with Crippen LogP contribution in [-0.4, -0.2) is 64.3 Å². The van der Waals surface area contributed by atoms with Crippen LogP contribution in [0, 0.1) is 5.82 Å². The number of rotatable bonds is 5. The zero-order valence-corrected chi connectivity index (χ0v) is 21.8. The molecule has 0 bridgehead atoms. The van der Waals surface area contributed by atoms with Crippen LogP contribution in [0.3, 0.4) is 0 Å². The van der Waals surface area contributed by atoms with E-state index < -0.39 is 0 Å². The Balaban J connectivity index is 1.37. The van der Waals surface area contributed by atoms with Gasteiger partial charge in [0.15, 0.2) is 0 Å². The summed E-state index contributed by atoms with van der Waals surface area (Å²) >= 11 is 0. The largest absolute Gasteiger partial charge is 0.437 e. The number of anilines is 2. The molecule has 0 unspecified atom stereocenters. The van der Waals surface area contributed by atoms with Crippen molar-refractivity contribution in [2.24, 2.45) is 0 Å². The number of halogens is 1. The summed E-state index contributed by atoms with van der Waals surface area (Å²) in [5.74, 6) is 1.89. The molecule has 10 heteroatoms. The summed E-state index contributed by atoms with van der Waals surface area (Å²) < 4.78 is 20.2. The van der Waals surface area contributed by atoms with Crippen molar-refractivity contribution in [1.82, 2.24) is 20.3 Å². The van der Waals surface area contributed by atoms with E-state index in [1.54, 1.807) is 25.3 Å². The van der Waals surface area contributed by atoms with Crippen LogP contribution in [0.2, 0.25) is 0 Å². The molecule has 39 heavy (non-hydrogen) atoms. The monoisotopic (exact) mass is 530 g/mol. The smallest absolute Gasteiger partial charge is 0.232 e. The quantitative estimate of drug-likeness (QED) is 0.396. The van der Waals surface area contributed by atoms with Crippen LogP contribution in [0.25, 0.3) is 33.6 Å². The number of carbonyl (C=O) groups excluding carboxylic acids is 1. The molecule has 0 saturated carbocycles. The Morgan fingerprint density at radius 2 is 1.64 bits per heavy atom. The van der Waals surface area contributed by atoms with E-state index >= 15 is 0 Å². The van der Waals surface area contributed by atoms with Crippen LogP contribution in [0.15, 0.2) is 53.3 Å². The number of aromatic nitrogens is 3. The van der Waals surface area contributed by atoms with E-state index in [-0.39, 0.29) is 23.9 Å². The Bertz CT molecular complexity index is 1460. The third-order valence-electron chi connectivity index (χ3n) is 7.60. The second kappa shape index (κ2) is 10.6. The molecule has 202 valence electrons. The lowest BCUT2D eigenvalue weighted by Crippen LogP contribution is -2.44. The number of nitrogens with one attached hydrogen (secondary N) is 1. The van der Waals surface area contributed by atoms with E-state index in [1.165, 1.54) is 18.5 Å². The first-order valence-corrected chi connectivity index (χ1v) is 13.4. The summed E-state index contributed by atoms with van der Waals surface area (Å²) in [5, 5.41) is 13.8. The van der Waals surface area contributed by atoms with E-state index in [1.807, 2.05) is 12.1 Å². The summed E-state index contributed by atoms with van der Waals surface area (Å²) in [6, 6.07) is 10.5. The van der Waals surface area contributed by atoms with E-state index in [9.17, 15) is 14.3 Å². The van der Waals surface area contributed by atoms with Crippen molar-refractivity contribution in [1.29, 1.82) is 0 Å². The highest BCUT2D eigenvalue weighted by molar-refractivity contribution is 6.06. The number of benzene rings is 1. The minimum Gasteiger partial charge on any atom is -0.437 e. The Labute approximate surface area is 225 Å². The Hall–Kier alpha value is -4.05. The maximum Gasteiger partial charge on any atom is 0.232 e. The van der Waals surface area contributed by atoms with Crippen molar-refractivity contribution in [3.63, 3.8) is 0 Å². The van der Waals surface area contributed by atoms with Gasteiger partial charge in [0.2, 0.25) is 11.6 Å². The Morgan fingerprint density at radius 3 is 2.31 bits per heavy atom. The van der Waals surface area contributed by atoms with Gasteiger partial charge in [0.1, 0.15) is 29.5 Å². The summed E-state index contributed by atoms with van der Waals surface area (Å²) in [6.07, 6.45) is 6.05. The second-order valence-electron chi connectivity index (χ2n) is 10.3. The molecule has 1 aromatic carbocycles. The maximum atomic E-state index is 13.9. The minimum atomic E-state index is -0.317. The number of pyridine rings is 1. The number of nitrogens with zero attached hydrogens (tertiary/aromatic N) is 5. The number of amides is 1. The van der Waals surface area contributed by atoms with Gasteiger partial charge in [-0.05, 0) is 55.5 Å². The van der Waals surface area contributed by atoms with Gasteiger partial charge in [-0.15, -0.1) is 0 Å². The maximum absolute atomic E-state index is 13.9. The number of aliphatic hydroxyl groups is 1. The zero-order chi connectivity index (χ0) is 26.9. The molecule has 4 aromatic rings. The van der Waals surface area contributed by atoms with Gasteiger partial charge < -0.3 is 24.6 Å². The lowest BCUT2D eigenvalue weighted by Gasteiger charge is -2.33. The number of hydrogen-bond acceptors (Lipinski definition) is 8. The molecular formula is C29H31FN6O3. The van der Waals surface area contributed by atoms with Crippen LogP contribution >= 0.6 is 0 Å². The van der Waals surface area contributed by atoms with Gasteiger partial charge in [-0.25, -0.2) is 19.3 Å². The van der Waals surface area contributed by atoms with Crippen molar-refractivity contribution in [2.45, 2.75) is 44.8 Å². The van der Waals surface area contributed by atoms with Gasteiger partial charge in [-0.3, -0.25) is 4.79 Å². The molecule has 0 atom stereocenters. The lowest BCUT2D eigenvalue weighted by molar-refractivity contribution is -0.119. The summed E-state index contributed by atoms with van der Waals surface area (Å²) in [6.45, 7) is 4.52. The fraction of sp³-hybridized carbons (Fsp3) is 0.379. The van der Waals surface area contributed by atoms with E-state index in [0.717, 1.165) is 59.6 Å². The topological polar surface area (TPSA) is 108 Å². The molecule has 2 aliphatic heterocycles. The normalized spacial score (nSPS) is 17.1. The van der Waals surface area contributed by atoms with Gasteiger partial charge in [0, 0.05) is 56.5 Å². The molecule has 0 radical (unpaired) electrons. The van der Waals surface area contributed by atoms with Crippen molar-refractivity contribution in [3.8, 4) is 22.5 Å². The molecule has 5 heterocycles. The number of carbonyl (C=O) groups is 1. The van der Waals surface area contributed by atoms with Crippen LogP contribution in [0.1, 0.15) is 32.6 Å². The summed E-state index contributed by atoms with van der Waals surface area (Å²) in [7, 11) is 0. The standard InChI is InChI=1S/C29H31FN6O3/c1-18(37)34-22-8-12-35(13-9-22)24-7-4-20(16-31-24)27-25(19-2-5-21(30)6-3-19)26-28(32-17-33-29(26)39-27)36-14-10-23(38)11-15-36/h2-7,16-17,22-23,38H,8-15H2,1H3,(H,34,37). The third kappa shape index (κ3) is 5.16. The first-order chi connectivity index (χ1) is 19.0. The Kier molecular flexibility index (Phi) is 6.86. The fourth-order valence-corrected chi connectivity index (χ4v) is 5.58. The highest BCUT2D eigenvalue weighted by atomic mass is 19.1. The van der Waals surface area contributed by atoms with Crippen molar-refractivity contribution in [2.75, 3.05) is 36.0 Å². The van der Waals surface area contributed by atoms with E-state index in [2.05, 4.69) is 25.1 Å². The Morgan fingerprint density at radius 1 is 0.949 bits per heavy atom. The predicted octanol–water partition coefficient (Wildman–Crippen LogP) is 4.16. The van der Waals surface area contributed by atoms with Crippen LogP contribution in [0.5, 0.6) is 0 Å². The third-order valence-corrected chi connectivity index (χ3v) is 7.60. The first kappa shape index (κ1) is 25.2. The van der Waals surface area contributed by atoms with Crippen molar-refractivity contribution in [3.05, 3.63) is 54.7 Å². The molecule has 2 aliphatic rings. The molecule has 3 aromatic heterocycles. The van der Waals surface area contributed by atoms with Gasteiger partial charge >= 0.3 is 0 Å². The SMILES string of the molecule is CC(=O)NC1CCN(c2ccc(-c3oc4ncnc(N5CCC(O)CC5)c4c3-c3ccc(F)cc3)cn2)CC1. The lowest BCUT2D eigenvalue weighted by atomic mass is 9.99. The zero-order valence-electron chi connectivity index (χ0n) is 21.8. The van der Waals surface area contributed by atoms with E-state index in [4.69, 9.17) is 9.40 Å². The van der Waals surface area contributed by atoms with Crippen molar-refractivity contribution >= 4 is 28.6 Å². The predicted molar refractivity (Wildman–Crippen MR) is 147 cm³/mol. The average Bonchev–Trinajstić information content (AvgIpc) is 3.34. The van der Waals surface area contributed by atoms with Crippen LogP contribution < -0.4 is 15.1 Å². The number of hydrogen-bond donors (Lipinski definition) is 2. The molecule has 9 nitrogen and oxygen atoms in total. The molecule has 6 rings (SSSR count). The molecular weight excluding hydrogens is 499 g/mol. The van der Waals surface area contributed by atoms with Gasteiger partial charge in [-0.1, -0.05) is 12.1 Å². The number of fused-ring (bicyclic) bond motifs is 1. The molecule has 2 saturated heterocycles. The van der Waals surface area contributed by atoms with E-state index in [0.29, 0.717) is 37.4 Å². The highest BCUT2D eigenvalue weighted by Gasteiger charge is 2.27. The molecule has 1 amide bonds. The van der Waals surface area contributed by atoms with Gasteiger partial charge in [0.05, 0.1) is 11.5 Å². The fourth-order valence-electron chi connectivity index (χ4n) is 5.58. The number of piperidine rings is 2. The van der Waals surface area contributed by atoms with Gasteiger partial charge in [-0.2, -0.15) is 0 Å². The average molecular weight is 531 g/mol. The van der Waals surface area contributed by atoms with Crippen LogP contribution in [0.4, 0.5) is 16.0 Å².